The van der Waals surface area contributed by atoms with Gasteiger partial charge in [0.15, 0.2) is 0 Å². The molecule has 118 valence electrons. The van der Waals surface area contributed by atoms with E-state index in [1.165, 1.54) is 0 Å². The molecule has 0 aromatic rings. The van der Waals surface area contributed by atoms with Gasteiger partial charge in [0, 0.05) is 12.3 Å². The van der Waals surface area contributed by atoms with Crippen LogP contribution in [0.1, 0.15) is 39.5 Å². The molecule has 1 unspecified atom stereocenters. The van der Waals surface area contributed by atoms with Crippen molar-refractivity contribution in [2.75, 3.05) is 5.75 Å². The summed E-state index contributed by atoms with van der Waals surface area (Å²) in [6.45, 7) is 3.52. The summed E-state index contributed by atoms with van der Waals surface area (Å²) in [5.41, 5.74) is 0. The molecule has 2 N–H and O–H groups in total. The van der Waals surface area contributed by atoms with Gasteiger partial charge >= 0.3 is 5.97 Å². The Hall–Kier alpha value is -0.760. The van der Waals surface area contributed by atoms with E-state index in [0.717, 1.165) is 0 Å². The minimum Gasteiger partial charge on any atom is -0.480 e. The first-order valence-electron chi connectivity index (χ1n) is 6.64. The number of aliphatic carboxylic acids is 1. The van der Waals surface area contributed by atoms with Crippen molar-refractivity contribution in [1.29, 1.82) is 0 Å². The third-order valence-corrected chi connectivity index (χ3v) is 4.89. The number of hydrogen-bond acceptors (Lipinski definition) is 3. The summed E-state index contributed by atoms with van der Waals surface area (Å²) in [4.78, 5) is 11.0. The summed E-state index contributed by atoms with van der Waals surface area (Å²) in [6, 6.07) is -1.27. The van der Waals surface area contributed by atoms with E-state index in [-0.39, 0.29) is 25.2 Å². The quantitative estimate of drug-likeness (QED) is 0.751. The van der Waals surface area contributed by atoms with Crippen molar-refractivity contribution >= 4 is 16.0 Å². The molecule has 0 saturated heterocycles. The number of carbonyl (C=O) groups is 1. The van der Waals surface area contributed by atoms with Gasteiger partial charge in [0.2, 0.25) is 10.0 Å². The van der Waals surface area contributed by atoms with Crippen LogP contribution in [-0.4, -0.2) is 37.2 Å². The van der Waals surface area contributed by atoms with Crippen molar-refractivity contribution in [3.8, 4) is 0 Å². The fourth-order valence-corrected chi connectivity index (χ4v) is 4.07. The summed E-state index contributed by atoms with van der Waals surface area (Å²) in [5, 5.41) is 8.97. The molecule has 0 amide bonds. The molecule has 0 aromatic heterocycles. The van der Waals surface area contributed by atoms with Gasteiger partial charge in [-0.05, 0) is 25.2 Å². The van der Waals surface area contributed by atoms with Crippen molar-refractivity contribution < 1.29 is 27.1 Å². The highest BCUT2D eigenvalue weighted by Gasteiger charge is 2.46. The van der Waals surface area contributed by atoms with E-state index in [1.807, 2.05) is 4.72 Å². The van der Waals surface area contributed by atoms with Crippen LogP contribution in [0.5, 0.6) is 0 Å². The van der Waals surface area contributed by atoms with Crippen LogP contribution in [-0.2, 0) is 14.8 Å². The van der Waals surface area contributed by atoms with Gasteiger partial charge in [-0.2, -0.15) is 0 Å². The molecular formula is C12H21F2NO4S. The zero-order chi connectivity index (χ0) is 15.6. The van der Waals surface area contributed by atoms with E-state index >= 15 is 0 Å². The number of carboxylic acids is 1. The Bertz CT molecular complexity index is 450. The molecule has 0 spiro atoms. The summed E-state index contributed by atoms with van der Waals surface area (Å²) in [6.07, 6.45) is 0.258. The van der Waals surface area contributed by atoms with Gasteiger partial charge in [-0.25, -0.2) is 21.9 Å². The Kier molecular flexibility index (Phi) is 5.48. The van der Waals surface area contributed by atoms with Crippen molar-refractivity contribution in [2.24, 2.45) is 11.8 Å². The fourth-order valence-electron chi connectivity index (χ4n) is 2.41. The van der Waals surface area contributed by atoms with E-state index in [1.54, 1.807) is 13.8 Å². The highest BCUT2D eigenvalue weighted by molar-refractivity contribution is 7.89. The minimum atomic E-state index is -4.04. The molecule has 8 heteroatoms. The summed E-state index contributed by atoms with van der Waals surface area (Å²) in [7, 11) is -4.04. The number of rotatable bonds is 7. The molecule has 1 aliphatic carbocycles. The van der Waals surface area contributed by atoms with Crippen LogP contribution in [0.4, 0.5) is 8.78 Å². The highest BCUT2D eigenvalue weighted by atomic mass is 32.2. The molecule has 0 aliphatic heterocycles. The van der Waals surface area contributed by atoms with Gasteiger partial charge in [0.1, 0.15) is 6.04 Å². The molecule has 0 aromatic carbocycles. The number of sulfonamides is 1. The first kappa shape index (κ1) is 17.3. The van der Waals surface area contributed by atoms with Gasteiger partial charge < -0.3 is 5.11 Å². The van der Waals surface area contributed by atoms with Crippen molar-refractivity contribution in [1.82, 2.24) is 4.72 Å². The zero-order valence-corrected chi connectivity index (χ0v) is 12.4. The molecule has 1 fully saturated rings. The van der Waals surface area contributed by atoms with Gasteiger partial charge in [0.05, 0.1) is 5.75 Å². The maximum atomic E-state index is 13.4. The predicted molar refractivity (Wildman–Crippen MR) is 70.1 cm³/mol. The van der Waals surface area contributed by atoms with Crippen LogP contribution in [0, 0.1) is 11.8 Å². The number of alkyl halides is 2. The molecule has 0 radical (unpaired) electrons. The third-order valence-electron chi connectivity index (χ3n) is 3.41. The third kappa shape index (κ3) is 4.97. The second-order valence-electron chi connectivity index (χ2n) is 5.77. The van der Waals surface area contributed by atoms with Crippen molar-refractivity contribution in [3.63, 3.8) is 0 Å². The maximum absolute atomic E-state index is 13.4. The fraction of sp³-hybridized carbons (Fsp3) is 0.917. The SMILES string of the molecule is CC(C)C[C@H](NS(=O)(=O)CC1CCCC1(F)F)C(=O)O. The largest absolute Gasteiger partial charge is 0.480 e. The van der Waals surface area contributed by atoms with E-state index < -0.39 is 39.6 Å². The summed E-state index contributed by atoms with van der Waals surface area (Å²) in [5.74, 6) is -6.24. The van der Waals surface area contributed by atoms with E-state index in [9.17, 15) is 22.0 Å². The Morgan fingerprint density at radius 2 is 2.05 bits per heavy atom. The van der Waals surface area contributed by atoms with Crippen LogP contribution < -0.4 is 4.72 Å². The number of halogens is 2. The molecule has 0 bridgehead atoms. The Labute approximate surface area is 117 Å². The normalized spacial score (nSPS) is 23.9. The monoisotopic (exact) mass is 313 g/mol. The first-order valence-corrected chi connectivity index (χ1v) is 8.29. The molecule has 1 aliphatic rings. The second kappa shape index (κ2) is 6.34. The average Bonchev–Trinajstić information content (AvgIpc) is 2.55. The maximum Gasteiger partial charge on any atom is 0.321 e. The summed E-state index contributed by atoms with van der Waals surface area (Å²) < 4.78 is 52.6. The summed E-state index contributed by atoms with van der Waals surface area (Å²) >= 11 is 0. The van der Waals surface area contributed by atoms with Crippen molar-refractivity contribution in [2.45, 2.75) is 51.5 Å². The van der Waals surface area contributed by atoms with E-state index in [4.69, 9.17) is 5.11 Å². The molecule has 1 rings (SSSR count). The number of hydrogen-bond donors (Lipinski definition) is 2. The van der Waals surface area contributed by atoms with Crippen LogP contribution >= 0.6 is 0 Å². The van der Waals surface area contributed by atoms with E-state index in [2.05, 4.69) is 0 Å². The van der Waals surface area contributed by atoms with Gasteiger partial charge in [0.25, 0.3) is 5.92 Å². The van der Waals surface area contributed by atoms with Gasteiger partial charge in [-0.1, -0.05) is 13.8 Å². The van der Waals surface area contributed by atoms with Crippen molar-refractivity contribution in [3.05, 3.63) is 0 Å². The van der Waals surface area contributed by atoms with Gasteiger partial charge in [-0.3, -0.25) is 4.79 Å². The Morgan fingerprint density at radius 1 is 1.45 bits per heavy atom. The van der Waals surface area contributed by atoms with Crippen LogP contribution in [0.2, 0.25) is 0 Å². The highest BCUT2D eigenvalue weighted by Crippen LogP contribution is 2.40. The second-order valence-corrected chi connectivity index (χ2v) is 7.57. The average molecular weight is 313 g/mol. The smallest absolute Gasteiger partial charge is 0.321 e. The van der Waals surface area contributed by atoms with Crippen LogP contribution in [0.3, 0.4) is 0 Å². The van der Waals surface area contributed by atoms with E-state index in [0.29, 0.717) is 6.42 Å². The molecule has 0 heterocycles. The molecule has 1 saturated carbocycles. The van der Waals surface area contributed by atoms with Gasteiger partial charge in [-0.15, -0.1) is 0 Å². The lowest BCUT2D eigenvalue weighted by molar-refractivity contribution is -0.139. The molecule has 20 heavy (non-hydrogen) atoms. The Balaban J connectivity index is 2.70. The predicted octanol–water partition coefficient (Wildman–Crippen LogP) is 1.84. The topological polar surface area (TPSA) is 83.5 Å². The lowest BCUT2D eigenvalue weighted by Crippen LogP contribution is -2.44. The Morgan fingerprint density at radius 3 is 2.45 bits per heavy atom. The molecule has 5 nitrogen and oxygen atoms in total. The molecule has 2 atom stereocenters. The number of nitrogens with one attached hydrogen (secondary N) is 1. The number of carboxylic acid groups (broad SMARTS) is 1. The zero-order valence-electron chi connectivity index (χ0n) is 11.6. The minimum absolute atomic E-state index is 0.0216. The van der Waals surface area contributed by atoms with Crippen LogP contribution in [0.25, 0.3) is 0 Å². The lowest BCUT2D eigenvalue weighted by Gasteiger charge is -2.21. The van der Waals surface area contributed by atoms with Crippen LogP contribution in [0.15, 0.2) is 0 Å². The molecular weight excluding hydrogens is 292 g/mol. The lowest BCUT2D eigenvalue weighted by atomic mass is 10.1. The standard InChI is InChI=1S/C12H21F2NO4S/c1-8(2)6-10(11(16)17)15-20(18,19)7-9-4-3-5-12(9,13)14/h8-10,15H,3-7H2,1-2H3,(H,16,17)/t9?,10-/m0/s1. The first-order chi connectivity index (χ1) is 9.03.